The molecule has 0 heterocycles. The highest BCUT2D eigenvalue weighted by Crippen LogP contribution is 2.26. The van der Waals surface area contributed by atoms with Gasteiger partial charge in [-0.1, -0.05) is 76.3 Å². The maximum Gasteiger partial charge on any atom is 0.314 e. The Morgan fingerprint density at radius 2 is 1.61 bits per heavy atom. The lowest BCUT2D eigenvalue weighted by molar-refractivity contribution is 0.304. The molecule has 0 aliphatic carbocycles. The summed E-state index contributed by atoms with van der Waals surface area (Å²) in [5.41, 5.74) is 0.530. The summed E-state index contributed by atoms with van der Waals surface area (Å²) in [4.78, 5) is 10.4. The van der Waals surface area contributed by atoms with Gasteiger partial charge in [0.1, 0.15) is 5.75 Å². The smallest absolute Gasteiger partial charge is 0.314 e. The second kappa shape index (κ2) is 13.2. The average molecular weight is 339 g/mol. The van der Waals surface area contributed by atoms with Crippen molar-refractivity contribution in [3.8, 4) is 5.75 Å². The zero-order chi connectivity index (χ0) is 16.8. The Labute approximate surface area is 145 Å². The summed E-state index contributed by atoms with van der Waals surface area (Å²) < 4.78 is 5.69. The fourth-order valence-electron chi connectivity index (χ4n) is 2.52. The van der Waals surface area contributed by atoms with Crippen LogP contribution in [0.5, 0.6) is 5.75 Å². The topological polar surface area (TPSA) is 38.3 Å². The predicted octanol–water partition coefficient (Wildman–Crippen LogP) is 6.12. The van der Waals surface area contributed by atoms with Gasteiger partial charge in [0.05, 0.1) is 17.3 Å². The van der Waals surface area contributed by atoms with E-state index in [1.165, 1.54) is 57.8 Å². The number of hydrogen-bond acceptors (Lipinski definition) is 2. The quantitative estimate of drug-likeness (QED) is 0.328. The van der Waals surface area contributed by atoms with Gasteiger partial charge >= 0.3 is 6.41 Å². The molecule has 1 aromatic rings. The van der Waals surface area contributed by atoms with Crippen LogP contribution < -0.4 is 10.1 Å². The summed E-state index contributed by atoms with van der Waals surface area (Å²) in [6, 6.07) is 5.26. The van der Waals surface area contributed by atoms with E-state index in [1.54, 1.807) is 18.5 Å². The molecule has 0 aromatic heterocycles. The molecular weight excluding hydrogens is 310 g/mol. The zero-order valence-electron chi connectivity index (χ0n) is 14.2. The van der Waals surface area contributed by atoms with Crippen LogP contribution in [0.15, 0.2) is 18.2 Å². The first kappa shape index (κ1) is 19.8. The number of nitrogens with one attached hydrogen (secondary N) is 1. The first-order valence-corrected chi connectivity index (χ1v) is 9.21. The van der Waals surface area contributed by atoms with Gasteiger partial charge in [0, 0.05) is 6.07 Å². The number of unbranched alkanes of at least 4 members (excludes halogenated alkanes) is 9. The Bertz CT molecular complexity index is 437. The summed E-state index contributed by atoms with van der Waals surface area (Å²) in [6.45, 7) is 2.95. The van der Waals surface area contributed by atoms with Gasteiger partial charge in [-0.25, -0.2) is 0 Å². The number of halogens is 1. The van der Waals surface area contributed by atoms with Crippen LogP contribution in [0, 0.1) is 0 Å². The molecule has 0 aliphatic rings. The number of benzene rings is 1. The van der Waals surface area contributed by atoms with E-state index < -0.39 is 0 Å². The number of rotatable bonds is 14. The number of anilines is 1. The standard InChI is InChI=1S/C19H29ClNO2/c1-2-3-4-5-6-7-8-9-10-11-14-23-17-12-13-18(20)19(15-17)21-16-22/h12-13,15H,2-11,14H2,1H3,(H,21,22). The van der Waals surface area contributed by atoms with Crippen molar-refractivity contribution < 1.29 is 9.53 Å². The van der Waals surface area contributed by atoms with E-state index in [4.69, 9.17) is 16.3 Å². The van der Waals surface area contributed by atoms with E-state index in [1.807, 2.05) is 6.07 Å². The van der Waals surface area contributed by atoms with E-state index in [0.717, 1.165) is 12.2 Å². The maximum absolute atomic E-state index is 10.4. The van der Waals surface area contributed by atoms with Gasteiger partial charge in [0.15, 0.2) is 0 Å². The molecule has 0 aliphatic heterocycles. The lowest BCUT2D eigenvalue weighted by Gasteiger charge is -2.08. The van der Waals surface area contributed by atoms with Crippen LogP contribution in [0.2, 0.25) is 5.02 Å². The summed E-state index contributed by atoms with van der Waals surface area (Å²) in [6.07, 6.45) is 14.7. The van der Waals surface area contributed by atoms with Crippen LogP contribution in [0.4, 0.5) is 5.69 Å². The van der Waals surface area contributed by atoms with Gasteiger partial charge in [0.25, 0.3) is 0 Å². The molecule has 4 heteroatoms. The Balaban J connectivity index is 2.02. The van der Waals surface area contributed by atoms with Gasteiger partial charge in [-0.15, -0.1) is 0 Å². The number of carbonyl (C=O) groups excluding carboxylic acids is 1. The summed E-state index contributed by atoms with van der Waals surface area (Å²) >= 11 is 5.95. The molecule has 1 aromatic carbocycles. The molecule has 1 rings (SSSR count). The summed E-state index contributed by atoms with van der Waals surface area (Å²) in [5, 5.41) is 2.93. The van der Waals surface area contributed by atoms with E-state index in [0.29, 0.717) is 17.3 Å². The van der Waals surface area contributed by atoms with E-state index in [9.17, 15) is 4.79 Å². The lowest BCUT2D eigenvalue weighted by Crippen LogP contribution is -1.99. The third kappa shape index (κ3) is 9.50. The number of hydrogen-bond donors (Lipinski definition) is 1. The van der Waals surface area contributed by atoms with Gasteiger partial charge in [0.2, 0.25) is 0 Å². The van der Waals surface area contributed by atoms with E-state index in [2.05, 4.69) is 12.2 Å². The first-order chi connectivity index (χ1) is 11.3. The monoisotopic (exact) mass is 338 g/mol. The van der Waals surface area contributed by atoms with Crippen molar-refractivity contribution >= 4 is 23.7 Å². The van der Waals surface area contributed by atoms with Crippen molar-refractivity contribution in [2.75, 3.05) is 11.9 Å². The molecule has 129 valence electrons. The molecule has 0 saturated heterocycles. The molecular formula is C19H29ClNO2. The molecule has 0 atom stereocenters. The summed E-state index contributed by atoms with van der Waals surface area (Å²) in [7, 11) is 0. The van der Waals surface area contributed by atoms with E-state index >= 15 is 0 Å². The molecule has 0 unspecified atom stereocenters. The number of ether oxygens (including phenoxy) is 1. The Hall–Kier alpha value is -1.22. The predicted molar refractivity (Wildman–Crippen MR) is 98.1 cm³/mol. The van der Waals surface area contributed by atoms with Crippen LogP contribution in [0.25, 0.3) is 0 Å². The minimum absolute atomic E-state index is 0.486. The highest BCUT2D eigenvalue weighted by atomic mass is 35.5. The van der Waals surface area contributed by atoms with E-state index in [-0.39, 0.29) is 0 Å². The van der Waals surface area contributed by atoms with Crippen molar-refractivity contribution in [2.45, 2.75) is 71.1 Å². The van der Waals surface area contributed by atoms with Crippen LogP contribution >= 0.6 is 11.6 Å². The second-order valence-electron chi connectivity index (χ2n) is 5.90. The van der Waals surface area contributed by atoms with Crippen molar-refractivity contribution in [3.63, 3.8) is 0 Å². The van der Waals surface area contributed by atoms with Crippen LogP contribution in [0.3, 0.4) is 0 Å². The van der Waals surface area contributed by atoms with Crippen LogP contribution in [-0.2, 0) is 4.79 Å². The zero-order valence-corrected chi connectivity index (χ0v) is 15.0. The van der Waals surface area contributed by atoms with Crippen molar-refractivity contribution in [1.82, 2.24) is 0 Å². The van der Waals surface area contributed by atoms with Crippen molar-refractivity contribution in [2.24, 2.45) is 0 Å². The first-order valence-electron chi connectivity index (χ1n) is 8.83. The van der Waals surface area contributed by atoms with Crippen LogP contribution in [-0.4, -0.2) is 13.0 Å². The SMILES string of the molecule is CCCCCCCCCCCCOc1ccc(Cl)c(N[C]=O)c1. The van der Waals surface area contributed by atoms with Gasteiger partial charge in [-0.3, -0.25) is 4.79 Å². The van der Waals surface area contributed by atoms with Crippen molar-refractivity contribution in [3.05, 3.63) is 23.2 Å². The molecule has 0 saturated carbocycles. The normalized spacial score (nSPS) is 10.5. The highest BCUT2D eigenvalue weighted by molar-refractivity contribution is 6.33. The molecule has 0 fully saturated rings. The largest absolute Gasteiger partial charge is 0.494 e. The highest BCUT2D eigenvalue weighted by Gasteiger charge is 2.02. The maximum atomic E-state index is 10.4. The fourth-order valence-corrected chi connectivity index (χ4v) is 2.69. The van der Waals surface area contributed by atoms with Crippen molar-refractivity contribution in [1.29, 1.82) is 0 Å². The molecule has 3 nitrogen and oxygen atoms in total. The van der Waals surface area contributed by atoms with Gasteiger partial charge in [-0.05, 0) is 18.6 Å². The molecule has 23 heavy (non-hydrogen) atoms. The van der Waals surface area contributed by atoms with Gasteiger partial charge in [-0.2, -0.15) is 0 Å². The van der Waals surface area contributed by atoms with Gasteiger partial charge < -0.3 is 10.1 Å². The molecule has 0 spiro atoms. The minimum Gasteiger partial charge on any atom is -0.494 e. The second-order valence-corrected chi connectivity index (χ2v) is 6.31. The Morgan fingerprint density at radius 1 is 1.00 bits per heavy atom. The average Bonchev–Trinajstić information content (AvgIpc) is 2.55. The third-order valence-corrected chi connectivity index (χ3v) is 4.22. The Morgan fingerprint density at radius 3 is 2.22 bits per heavy atom. The molecule has 1 radical (unpaired) electrons. The minimum atomic E-state index is 0.486. The third-order valence-electron chi connectivity index (χ3n) is 3.89. The summed E-state index contributed by atoms with van der Waals surface area (Å²) in [5.74, 6) is 0.725. The Kier molecular flexibility index (Phi) is 11.4. The fraction of sp³-hybridized carbons (Fsp3) is 0.632. The number of amides is 1. The molecule has 1 N–H and O–H groups in total. The molecule has 1 amide bonds. The van der Waals surface area contributed by atoms with Crippen LogP contribution in [0.1, 0.15) is 71.1 Å². The molecule has 0 bridgehead atoms. The lowest BCUT2D eigenvalue weighted by atomic mass is 10.1.